The van der Waals surface area contributed by atoms with E-state index in [-0.39, 0.29) is 38.9 Å². The number of esters is 2. The van der Waals surface area contributed by atoms with Gasteiger partial charge in [-0.3, -0.25) is 18.6 Å². The van der Waals surface area contributed by atoms with E-state index in [1.165, 1.54) is 57.8 Å². The van der Waals surface area contributed by atoms with E-state index < -0.39 is 44.7 Å². The second-order valence-corrected chi connectivity index (χ2v) is 17.8. The van der Waals surface area contributed by atoms with Gasteiger partial charge in [-0.15, -0.1) is 0 Å². The van der Waals surface area contributed by atoms with E-state index in [4.69, 9.17) is 18.5 Å². The minimum absolute atomic E-state index is 0.0259. The van der Waals surface area contributed by atoms with Gasteiger partial charge in [0.15, 0.2) is 6.10 Å². The third-order valence-corrected chi connectivity index (χ3v) is 10.4. The Morgan fingerprint density at radius 3 is 1.65 bits per heavy atom. The summed E-state index contributed by atoms with van der Waals surface area (Å²) >= 11 is 0. The maximum absolute atomic E-state index is 12.7. The molecule has 0 spiro atoms. The van der Waals surface area contributed by atoms with Gasteiger partial charge in [0.1, 0.15) is 19.8 Å². The van der Waals surface area contributed by atoms with Gasteiger partial charge in [0.05, 0.1) is 40.0 Å². The van der Waals surface area contributed by atoms with Gasteiger partial charge in [-0.05, 0) is 83.5 Å². The molecule has 3 unspecified atom stereocenters. The van der Waals surface area contributed by atoms with Crippen LogP contribution in [-0.4, -0.2) is 97.3 Å². The third kappa shape index (κ3) is 40.8. The number of phosphoric ester groups is 1. The van der Waals surface area contributed by atoms with Crippen molar-refractivity contribution in [2.75, 3.05) is 47.5 Å². The van der Waals surface area contributed by atoms with E-state index in [1.807, 2.05) is 39.4 Å². The second-order valence-electron chi connectivity index (χ2n) is 16.4. The fourth-order valence-electron chi connectivity index (χ4n) is 5.66. The molecule has 0 aromatic carbocycles. The summed E-state index contributed by atoms with van der Waals surface area (Å²) in [4.78, 5) is 35.4. The van der Waals surface area contributed by atoms with Gasteiger partial charge in [0.25, 0.3) is 0 Å². The molecule has 0 aliphatic carbocycles. The number of phosphoric acid groups is 1. The predicted molar refractivity (Wildman–Crippen MR) is 245 cm³/mol. The van der Waals surface area contributed by atoms with Crippen molar-refractivity contribution in [3.8, 4) is 0 Å². The molecule has 0 aliphatic heterocycles. The number of unbranched alkanes of at least 4 members (excludes halogenated alkanes) is 10. The highest BCUT2D eigenvalue weighted by atomic mass is 31.2. The van der Waals surface area contributed by atoms with Gasteiger partial charge in [0.2, 0.25) is 0 Å². The van der Waals surface area contributed by atoms with Crippen LogP contribution in [0.3, 0.4) is 0 Å². The Labute approximate surface area is 364 Å². The van der Waals surface area contributed by atoms with Crippen LogP contribution in [0.4, 0.5) is 0 Å². The molecule has 0 aromatic heterocycles. The molecule has 0 radical (unpaired) electrons. The minimum atomic E-state index is -4.46. The zero-order valence-electron chi connectivity index (χ0n) is 38.1. The Bertz CT molecular complexity index is 1290. The van der Waals surface area contributed by atoms with Crippen LogP contribution in [0.25, 0.3) is 0 Å². The van der Waals surface area contributed by atoms with Gasteiger partial charge >= 0.3 is 19.8 Å². The van der Waals surface area contributed by atoms with E-state index in [0.29, 0.717) is 30.3 Å². The molecule has 0 bridgehead atoms. The molecule has 346 valence electrons. The molecular formula is C48H85NO10P+. The zero-order valence-corrected chi connectivity index (χ0v) is 39.0. The SMILES string of the molecule is CCCCC/C=C\C/C=C\C/C=C\CC(O)C(O)CCCC(=O)OC[C@H](COP(=O)(O)OCC[N+](C)(C)C)OC(=O)CCC/C=C\C/C=C\C/C=C\CCCCCCCC. The lowest BCUT2D eigenvalue weighted by Crippen LogP contribution is -2.37. The standard InChI is InChI=1S/C48H84NO10P/c1-6-8-10-12-14-16-18-20-21-22-23-24-26-28-30-32-34-38-48(53)59-44(43-58-60(54,55)57-41-40-49(3,4)5)42-56-47(52)39-35-37-46(51)45(50)36-33-31-29-27-25-19-17-15-13-11-9-7-2/h15,17,20-21,23-25,27-28,30-31,33,44-46,50-51H,6-14,16,18-19,22,26,29,32,34-43H2,1-5H3/p+1/b17-15-,21-20-,24-23-,27-25-,30-28-,33-31-/t44-,45?,46?/m1/s1. The summed E-state index contributed by atoms with van der Waals surface area (Å²) in [5.41, 5.74) is 0. The number of hydrogen-bond acceptors (Lipinski definition) is 9. The van der Waals surface area contributed by atoms with Crippen LogP contribution in [-0.2, 0) is 32.7 Å². The van der Waals surface area contributed by atoms with E-state index >= 15 is 0 Å². The molecule has 0 amide bonds. The third-order valence-electron chi connectivity index (χ3n) is 9.41. The van der Waals surface area contributed by atoms with Crippen molar-refractivity contribution in [1.82, 2.24) is 0 Å². The smallest absolute Gasteiger partial charge is 0.462 e. The summed E-state index contributed by atoms with van der Waals surface area (Å²) in [6.07, 6.45) is 41.3. The molecule has 0 aromatic rings. The van der Waals surface area contributed by atoms with Crippen LogP contribution < -0.4 is 0 Å². The average molecular weight is 867 g/mol. The van der Waals surface area contributed by atoms with E-state index in [0.717, 1.165) is 38.5 Å². The first kappa shape index (κ1) is 57.4. The van der Waals surface area contributed by atoms with Crippen molar-refractivity contribution in [2.45, 2.75) is 173 Å². The number of aliphatic hydroxyl groups is 2. The number of rotatable bonds is 40. The maximum Gasteiger partial charge on any atom is 0.472 e. The fraction of sp³-hybridized carbons (Fsp3) is 0.708. The molecule has 0 aliphatic rings. The summed E-state index contributed by atoms with van der Waals surface area (Å²) < 4.78 is 34.0. The number of allylic oxidation sites excluding steroid dienone is 11. The van der Waals surface area contributed by atoms with Crippen molar-refractivity contribution in [2.24, 2.45) is 0 Å². The summed E-state index contributed by atoms with van der Waals surface area (Å²) in [7, 11) is 1.28. The first-order valence-corrected chi connectivity index (χ1v) is 24.3. The first-order chi connectivity index (χ1) is 28.8. The Hall–Kier alpha value is -2.63. The Kier molecular flexibility index (Phi) is 37.5. The number of hydrogen-bond donors (Lipinski definition) is 3. The van der Waals surface area contributed by atoms with Gasteiger partial charge in [-0.1, -0.05) is 132 Å². The molecule has 0 saturated carbocycles. The van der Waals surface area contributed by atoms with E-state index in [1.54, 1.807) is 0 Å². The van der Waals surface area contributed by atoms with Crippen LogP contribution in [0.15, 0.2) is 72.9 Å². The van der Waals surface area contributed by atoms with Crippen molar-refractivity contribution >= 4 is 19.8 Å². The summed E-state index contributed by atoms with van der Waals surface area (Å²) in [5, 5.41) is 20.7. The van der Waals surface area contributed by atoms with Crippen LogP contribution in [0, 0.1) is 0 Å². The number of likely N-dealkylation sites (N-methyl/N-ethyl adjacent to an activating group) is 1. The molecule has 0 heterocycles. The lowest BCUT2D eigenvalue weighted by molar-refractivity contribution is -0.870. The highest BCUT2D eigenvalue weighted by Crippen LogP contribution is 2.43. The zero-order chi connectivity index (χ0) is 44.6. The number of quaternary nitrogens is 1. The van der Waals surface area contributed by atoms with E-state index in [2.05, 4.69) is 68.5 Å². The maximum atomic E-state index is 12.7. The van der Waals surface area contributed by atoms with Crippen LogP contribution in [0.1, 0.15) is 155 Å². The molecular weight excluding hydrogens is 781 g/mol. The molecule has 12 heteroatoms. The fourth-order valence-corrected chi connectivity index (χ4v) is 6.40. The highest BCUT2D eigenvalue weighted by molar-refractivity contribution is 7.47. The monoisotopic (exact) mass is 867 g/mol. The van der Waals surface area contributed by atoms with Gasteiger partial charge in [-0.2, -0.15) is 0 Å². The Morgan fingerprint density at radius 1 is 0.583 bits per heavy atom. The number of nitrogens with zero attached hydrogens (tertiary/aromatic N) is 1. The van der Waals surface area contributed by atoms with Gasteiger partial charge < -0.3 is 29.1 Å². The van der Waals surface area contributed by atoms with Gasteiger partial charge in [-0.25, -0.2) is 4.57 Å². The van der Waals surface area contributed by atoms with Gasteiger partial charge in [0, 0.05) is 12.8 Å². The molecule has 0 rings (SSSR count). The second kappa shape index (κ2) is 39.2. The van der Waals surface area contributed by atoms with Crippen molar-refractivity contribution in [3.63, 3.8) is 0 Å². The number of carbonyl (C=O) groups is 2. The molecule has 60 heavy (non-hydrogen) atoms. The molecule has 3 N–H and O–H groups in total. The quantitative estimate of drug-likeness (QED) is 0.0179. The van der Waals surface area contributed by atoms with Crippen LogP contribution in [0.2, 0.25) is 0 Å². The number of ether oxygens (including phenoxy) is 2. The average Bonchev–Trinajstić information content (AvgIpc) is 3.19. The summed E-state index contributed by atoms with van der Waals surface area (Å²) in [5.74, 6) is -1.15. The molecule has 0 fully saturated rings. The molecule has 11 nitrogen and oxygen atoms in total. The normalized spacial score (nSPS) is 15.3. The summed E-state index contributed by atoms with van der Waals surface area (Å²) in [6.45, 7) is 3.98. The molecule has 4 atom stereocenters. The van der Waals surface area contributed by atoms with E-state index in [9.17, 15) is 29.3 Å². The largest absolute Gasteiger partial charge is 0.472 e. The van der Waals surface area contributed by atoms with Crippen LogP contribution >= 0.6 is 7.82 Å². The lowest BCUT2D eigenvalue weighted by atomic mass is 10.0. The predicted octanol–water partition coefficient (Wildman–Crippen LogP) is 11.0. The lowest BCUT2D eigenvalue weighted by Gasteiger charge is -2.24. The first-order valence-electron chi connectivity index (χ1n) is 22.8. The Morgan fingerprint density at radius 2 is 1.07 bits per heavy atom. The van der Waals surface area contributed by atoms with Crippen molar-refractivity contribution in [3.05, 3.63) is 72.9 Å². The molecule has 0 saturated heterocycles. The summed E-state index contributed by atoms with van der Waals surface area (Å²) in [6, 6.07) is 0. The van der Waals surface area contributed by atoms with Crippen LogP contribution in [0.5, 0.6) is 0 Å². The van der Waals surface area contributed by atoms with Crippen molar-refractivity contribution < 1.29 is 52.3 Å². The Balaban J connectivity index is 4.68. The minimum Gasteiger partial charge on any atom is -0.462 e. The van der Waals surface area contributed by atoms with Crippen molar-refractivity contribution in [1.29, 1.82) is 0 Å². The highest BCUT2D eigenvalue weighted by Gasteiger charge is 2.27. The number of carbonyl (C=O) groups excluding carboxylic acids is 2. The topological polar surface area (TPSA) is 149 Å². The number of aliphatic hydroxyl groups excluding tert-OH is 2.